The average molecular weight is 302 g/mol. The van der Waals surface area contributed by atoms with E-state index >= 15 is 0 Å². The maximum absolute atomic E-state index is 11.1. The van der Waals surface area contributed by atoms with Crippen molar-refractivity contribution in [1.82, 2.24) is 9.97 Å². The molecule has 1 rings (SSSR count). The first kappa shape index (κ1) is 14.4. The van der Waals surface area contributed by atoms with Gasteiger partial charge in [0.15, 0.2) is 0 Å². The second-order valence-electron chi connectivity index (χ2n) is 4.21. The zero-order valence-corrected chi connectivity index (χ0v) is 11.8. The van der Waals surface area contributed by atoms with Crippen LogP contribution in [0.4, 0.5) is 0 Å². The molecule has 1 atom stereocenters. The highest BCUT2D eigenvalue weighted by molar-refractivity contribution is 9.10. The van der Waals surface area contributed by atoms with Gasteiger partial charge in [-0.25, -0.2) is 4.98 Å². The number of imidazole rings is 1. The Morgan fingerprint density at radius 1 is 1.53 bits per heavy atom. The fourth-order valence-corrected chi connectivity index (χ4v) is 1.98. The van der Waals surface area contributed by atoms with Crippen molar-refractivity contribution in [1.29, 1.82) is 0 Å². The predicted molar refractivity (Wildman–Crippen MR) is 71.6 cm³/mol. The fraction of sp³-hybridized carbons (Fsp3) is 0.667. The van der Waals surface area contributed by atoms with Gasteiger partial charge in [-0.05, 0) is 28.8 Å². The molecule has 0 saturated carbocycles. The number of carbonyl (C=O) groups is 1. The summed E-state index contributed by atoms with van der Waals surface area (Å²) in [5, 5.41) is 0. The zero-order chi connectivity index (χ0) is 12.7. The molecule has 0 aliphatic heterocycles. The number of hydrogen-bond acceptors (Lipinski definition) is 3. The first-order chi connectivity index (χ1) is 8.13. The summed E-state index contributed by atoms with van der Waals surface area (Å²) >= 11 is 3.31. The summed E-state index contributed by atoms with van der Waals surface area (Å²) in [5.41, 5.74) is 6.00. The van der Waals surface area contributed by atoms with Gasteiger partial charge in [-0.2, -0.15) is 0 Å². The van der Waals surface area contributed by atoms with Gasteiger partial charge in [-0.15, -0.1) is 0 Å². The van der Waals surface area contributed by atoms with Gasteiger partial charge in [0, 0.05) is 12.8 Å². The standard InChI is InChI=1S/C12H20BrN3O/c1-2-9(17)6-4-3-5-7-10(14)12-15-8-11(13)16-12/h8,10H,2-7,14H2,1H3,(H,15,16). The Labute approximate surface area is 111 Å². The molecule has 1 aromatic heterocycles. The number of H-pyrrole nitrogens is 1. The van der Waals surface area contributed by atoms with Crippen molar-refractivity contribution in [2.24, 2.45) is 5.73 Å². The predicted octanol–water partition coefficient (Wildman–Crippen LogP) is 3.10. The summed E-state index contributed by atoms with van der Waals surface area (Å²) in [5.74, 6) is 1.17. The van der Waals surface area contributed by atoms with Crippen molar-refractivity contribution >= 4 is 21.7 Å². The van der Waals surface area contributed by atoms with E-state index in [-0.39, 0.29) is 6.04 Å². The third-order valence-electron chi connectivity index (χ3n) is 2.78. The number of Topliss-reactive ketones (excluding diaryl/α,β-unsaturated/α-hetero) is 1. The molecule has 0 fully saturated rings. The van der Waals surface area contributed by atoms with Crippen LogP contribution in [0.1, 0.15) is 57.3 Å². The highest BCUT2D eigenvalue weighted by Gasteiger charge is 2.09. The number of carbonyl (C=O) groups excluding carboxylic acids is 1. The Bertz CT molecular complexity index is 351. The largest absolute Gasteiger partial charge is 0.335 e. The molecule has 0 aromatic carbocycles. The molecule has 0 amide bonds. The van der Waals surface area contributed by atoms with Crippen LogP contribution in [0, 0.1) is 0 Å². The van der Waals surface area contributed by atoms with Crippen molar-refractivity contribution in [2.45, 2.75) is 51.5 Å². The summed E-state index contributed by atoms with van der Waals surface area (Å²) in [4.78, 5) is 18.3. The minimum Gasteiger partial charge on any atom is -0.335 e. The molecule has 0 spiro atoms. The molecule has 96 valence electrons. The van der Waals surface area contributed by atoms with E-state index in [0.717, 1.165) is 36.1 Å². The van der Waals surface area contributed by atoms with Crippen molar-refractivity contribution in [3.8, 4) is 0 Å². The average Bonchev–Trinajstić information content (AvgIpc) is 2.75. The van der Waals surface area contributed by atoms with E-state index in [2.05, 4.69) is 25.9 Å². The monoisotopic (exact) mass is 301 g/mol. The van der Waals surface area contributed by atoms with Crippen molar-refractivity contribution < 1.29 is 4.79 Å². The maximum Gasteiger partial charge on any atom is 0.132 e. The highest BCUT2D eigenvalue weighted by Crippen LogP contribution is 2.16. The molecule has 0 bridgehead atoms. The molecule has 0 saturated heterocycles. The summed E-state index contributed by atoms with van der Waals surface area (Å²) in [6, 6.07) is -0.0387. The van der Waals surface area contributed by atoms with E-state index in [0.29, 0.717) is 18.6 Å². The topological polar surface area (TPSA) is 71.8 Å². The smallest absolute Gasteiger partial charge is 0.132 e. The quantitative estimate of drug-likeness (QED) is 0.725. The van der Waals surface area contributed by atoms with Crippen LogP contribution < -0.4 is 5.73 Å². The van der Waals surface area contributed by atoms with Crippen LogP contribution in [0.25, 0.3) is 0 Å². The van der Waals surface area contributed by atoms with Gasteiger partial charge < -0.3 is 10.7 Å². The number of aromatic amines is 1. The van der Waals surface area contributed by atoms with Crippen LogP contribution in [0.3, 0.4) is 0 Å². The third-order valence-corrected chi connectivity index (χ3v) is 3.18. The van der Waals surface area contributed by atoms with Crippen molar-refractivity contribution in [3.63, 3.8) is 0 Å². The van der Waals surface area contributed by atoms with Gasteiger partial charge in [-0.1, -0.05) is 19.8 Å². The number of hydrogen-bond donors (Lipinski definition) is 2. The molecule has 0 radical (unpaired) electrons. The Kier molecular flexibility index (Phi) is 6.44. The van der Waals surface area contributed by atoms with Gasteiger partial charge in [0.25, 0.3) is 0 Å². The summed E-state index contributed by atoms with van der Waals surface area (Å²) in [6.45, 7) is 1.91. The maximum atomic E-state index is 11.1. The Balaban J connectivity index is 2.12. The molecule has 1 aromatic rings. The van der Waals surface area contributed by atoms with E-state index < -0.39 is 0 Å². The number of ketones is 1. The lowest BCUT2D eigenvalue weighted by molar-refractivity contribution is -0.118. The minimum atomic E-state index is -0.0387. The van der Waals surface area contributed by atoms with Gasteiger partial charge in [0.1, 0.15) is 16.2 Å². The fourth-order valence-electron chi connectivity index (χ4n) is 1.68. The summed E-state index contributed by atoms with van der Waals surface area (Å²) < 4.78 is 0.858. The van der Waals surface area contributed by atoms with Crippen LogP contribution in [0.5, 0.6) is 0 Å². The lowest BCUT2D eigenvalue weighted by Gasteiger charge is -2.08. The summed E-state index contributed by atoms with van der Waals surface area (Å²) in [6.07, 6.45) is 7.05. The van der Waals surface area contributed by atoms with Crippen molar-refractivity contribution in [3.05, 3.63) is 16.6 Å². The lowest BCUT2D eigenvalue weighted by Crippen LogP contribution is -2.11. The lowest BCUT2D eigenvalue weighted by atomic mass is 10.1. The third kappa shape index (κ3) is 5.46. The van der Waals surface area contributed by atoms with E-state index in [1.54, 1.807) is 6.20 Å². The molecule has 1 heterocycles. The Morgan fingerprint density at radius 3 is 2.88 bits per heavy atom. The van der Waals surface area contributed by atoms with Crippen LogP contribution >= 0.6 is 15.9 Å². The zero-order valence-electron chi connectivity index (χ0n) is 10.2. The Hall–Kier alpha value is -0.680. The second-order valence-corrected chi connectivity index (χ2v) is 5.07. The second kappa shape index (κ2) is 7.61. The SMILES string of the molecule is CCC(=O)CCCCCC(N)c1ncc(Br)[nH]1. The van der Waals surface area contributed by atoms with Crippen LogP contribution in [-0.4, -0.2) is 15.8 Å². The number of unbranched alkanes of at least 4 members (excludes halogenated alkanes) is 2. The van der Waals surface area contributed by atoms with Gasteiger partial charge in [0.05, 0.1) is 12.2 Å². The van der Waals surface area contributed by atoms with Crippen molar-refractivity contribution in [2.75, 3.05) is 0 Å². The number of nitrogens with zero attached hydrogens (tertiary/aromatic N) is 1. The van der Waals surface area contributed by atoms with Crippen LogP contribution in [0.15, 0.2) is 10.8 Å². The number of aromatic nitrogens is 2. The van der Waals surface area contributed by atoms with Crippen LogP contribution in [-0.2, 0) is 4.79 Å². The van der Waals surface area contributed by atoms with E-state index in [4.69, 9.17) is 5.73 Å². The normalized spacial score (nSPS) is 12.6. The molecule has 5 heteroatoms. The first-order valence-electron chi connectivity index (χ1n) is 6.11. The number of nitrogens with two attached hydrogens (primary N) is 1. The van der Waals surface area contributed by atoms with E-state index in [1.165, 1.54) is 0 Å². The molecular weight excluding hydrogens is 282 g/mol. The molecule has 3 N–H and O–H groups in total. The van der Waals surface area contributed by atoms with Gasteiger partial charge >= 0.3 is 0 Å². The Morgan fingerprint density at radius 2 is 2.29 bits per heavy atom. The van der Waals surface area contributed by atoms with Crippen LogP contribution in [0.2, 0.25) is 0 Å². The van der Waals surface area contributed by atoms with E-state index in [1.807, 2.05) is 6.92 Å². The molecular formula is C12H20BrN3O. The minimum absolute atomic E-state index is 0.0387. The number of nitrogens with one attached hydrogen (secondary N) is 1. The van der Waals surface area contributed by atoms with Gasteiger partial charge in [0.2, 0.25) is 0 Å². The molecule has 0 aliphatic rings. The molecule has 0 aliphatic carbocycles. The number of rotatable bonds is 8. The summed E-state index contributed by atoms with van der Waals surface area (Å²) in [7, 11) is 0. The van der Waals surface area contributed by atoms with Gasteiger partial charge in [-0.3, -0.25) is 4.79 Å². The molecule has 17 heavy (non-hydrogen) atoms. The highest BCUT2D eigenvalue weighted by atomic mass is 79.9. The van der Waals surface area contributed by atoms with E-state index in [9.17, 15) is 4.79 Å². The molecule has 4 nitrogen and oxygen atoms in total. The first-order valence-corrected chi connectivity index (χ1v) is 6.90. The number of halogens is 1. The molecule has 1 unspecified atom stereocenters.